The molecule has 4 rings (SSSR count). The zero-order chi connectivity index (χ0) is 17.4. The highest BCUT2D eigenvalue weighted by Crippen LogP contribution is 2.37. The Morgan fingerprint density at radius 2 is 1.80 bits per heavy atom. The minimum atomic E-state index is -0.941. The van der Waals surface area contributed by atoms with Crippen molar-refractivity contribution in [3.05, 3.63) is 54.1 Å². The molecule has 128 valence electrons. The van der Waals surface area contributed by atoms with E-state index in [4.69, 9.17) is 5.11 Å². The zero-order valence-electron chi connectivity index (χ0n) is 13.9. The molecule has 1 atom stereocenters. The van der Waals surface area contributed by atoms with E-state index in [1.54, 1.807) is 0 Å². The lowest BCUT2D eigenvalue weighted by atomic mass is 9.98. The van der Waals surface area contributed by atoms with Gasteiger partial charge in [-0.15, -0.1) is 0 Å². The fourth-order valence-corrected chi connectivity index (χ4v) is 3.91. The Morgan fingerprint density at radius 3 is 2.52 bits per heavy atom. The molecule has 1 saturated heterocycles. The number of hydrogen-bond acceptors (Lipinski definition) is 2. The van der Waals surface area contributed by atoms with E-state index in [0.29, 0.717) is 26.1 Å². The van der Waals surface area contributed by atoms with Crippen LogP contribution in [-0.4, -0.2) is 41.6 Å². The summed E-state index contributed by atoms with van der Waals surface area (Å²) in [6, 6.07) is 16.3. The molecular formula is C20H20N2O3. The van der Waals surface area contributed by atoms with E-state index in [1.807, 2.05) is 35.2 Å². The molecule has 0 saturated carbocycles. The number of amides is 2. The van der Waals surface area contributed by atoms with Gasteiger partial charge in [0.05, 0.1) is 5.92 Å². The number of carboxylic acid groups (broad SMARTS) is 1. The number of carbonyl (C=O) groups is 2. The molecule has 0 unspecified atom stereocenters. The Labute approximate surface area is 146 Å². The predicted octanol–water partition coefficient (Wildman–Crippen LogP) is 3.24. The van der Waals surface area contributed by atoms with Gasteiger partial charge in [-0.3, -0.25) is 4.79 Å². The molecule has 0 bridgehead atoms. The topological polar surface area (TPSA) is 60.9 Å². The summed E-state index contributed by atoms with van der Waals surface area (Å²) < 4.78 is 0. The maximum absolute atomic E-state index is 12.9. The lowest BCUT2D eigenvalue weighted by Crippen LogP contribution is -2.37. The van der Waals surface area contributed by atoms with Crippen molar-refractivity contribution in [1.82, 2.24) is 4.90 Å². The average molecular weight is 336 g/mol. The van der Waals surface area contributed by atoms with Gasteiger partial charge in [0.25, 0.3) is 0 Å². The quantitative estimate of drug-likeness (QED) is 0.916. The van der Waals surface area contributed by atoms with Crippen molar-refractivity contribution in [3.63, 3.8) is 0 Å². The Kier molecular flexibility index (Phi) is 3.92. The molecule has 1 N–H and O–H groups in total. The summed E-state index contributed by atoms with van der Waals surface area (Å²) in [4.78, 5) is 27.2. The van der Waals surface area contributed by atoms with E-state index >= 15 is 0 Å². The first-order chi connectivity index (χ1) is 12.1. The smallest absolute Gasteiger partial charge is 0.407 e. The first-order valence-corrected chi connectivity index (χ1v) is 8.61. The van der Waals surface area contributed by atoms with Crippen molar-refractivity contribution < 1.29 is 14.7 Å². The Balaban J connectivity index is 1.61. The number of benzene rings is 2. The molecular weight excluding hydrogens is 316 g/mol. The van der Waals surface area contributed by atoms with Gasteiger partial charge in [0.2, 0.25) is 5.91 Å². The van der Waals surface area contributed by atoms with Crippen molar-refractivity contribution in [2.45, 2.75) is 12.8 Å². The molecule has 5 heteroatoms. The molecule has 0 aliphatic carbocycles. The van der Waals surface area contributed by atoms with E-state index in [-0.39, 0.29) is 11.8 Å². The normalized spacial score (nSPS) is 19.1. The predicted molar refractivity (Wildman–Crippen MR) is 95.6 cm³/mol. The van der Waals surface area contributed by atoms with Crippen molar-refractivity contribution in [3.8, 4) is 11.1 Å². The second-order valence-electron chi connectivity index (χ2n) is 6.62. The number of carbonyl (C=O) groups excluding carboxylic acids is 1. The van der Waals surface area contributed by atoms with Crippen LogP contribution in [0.4, 0.5) is 10.5 Å². The van der Waals surface area contributed by atoms with Gasteiger partial charge in [0.1, 0.15) is 0 Å². The van der Waals surface area contributed by atoms with Crippen LogP contribution in [0.5, 0.6) is 0 Å². The van der Waals surface area contributed by atoms with Gasteiger partial charge in [0, 0.05) is 25.3 Å². The molecule has 2 aliphatic heterocycles. The summed E-state index contributed by atoms with van der Waals surface area (Å²) in [7, 11) is 0. The van der Waals surface area contributed by atoms with Gasteiger partial charge in [-0.2, -0.15) is 0 Å². The molecule has 25 heavy (non-hydrogen) atoms. The van der Waals surface area contributed by atoms with Gasteiger partial charge in [0.15, 0.2) is 0 Å². The highest BCUT2D eigenvalue weighted by Gasteiger charge is 2.36. The van der Waals surface area contributed by atoms with E-state index in [9.17, 15) is 9.59 Å². The molecule has 0 radical (unpaired) electrons. The average Bonchev–Trinajstić information content (AvgIpc) is 3.29. The van der Waals surface area contributed by atoms with Crippen molar-refractivity contribution in [2.75, 3.05) is 24.5 Å². The fourth-order valence-electron chi connectivity index (χ4n) is 3.91. The molecule has 0 spiro atoms. The number of fused-ring (bicyclic) bond motifs is 1. The number of hydrogen-bond donors (Lipinski definition) is 1. The molecule has 2 aromatic carbocycles. The lowest BCUT2D eigenvalue weighted by Gasteiger charge is -2.21. The maximum atomic E-state index is 12.9. The van der Waals surface area contributed by atoms with Gasteiger partial charge >= 0.3 is 6.09 Å². The Morgan fingerprint density at radius 1 is 1.00 bits per heavy atom. The standard InChI is InChI=1S/C20H20N2O3/c23-19(15-9-11-21(13-15)20(24)25)22-12-10-17-16(7-4-8-18(17)22)14-5-2-1-3-6-14/h1-8,15H,9-13H2,(H,24,25)/t15-/m0/s1. The third kappa shape index (κ3) is 2.76. The molecule has 2 aromatic rings. The molecule has 2 heterocycles. The van der Waals surface area contributed by atoms with Crippen LogP contribution in [0.25, 0.3) is 11.1 Å². The largest absolute Gasteiger partial charge is 0.465 e. The SMILES string of the molecule is O=C(O)N1CC[C@H](C(=O)N2CCc3c(-c4ccccc4)cccc32)C1. The highest BCUT2D eigenvalue weighted by molar-refractivity contribution is 5.99. The van der Waals surface area contributed by atoms with Crippen LogP contribution >= 0.6 is 0 Å². The van der Waals surface area contributed by atoms with E-state index in [0.717, 1.165) is 17.7 Å². The molecule has 2 amide bonds. The van der Waals surface area contributed by atoms with Crippen molar-refractivity contribution in [2.24, 2.45) is 5.92 Å². The second kappa shape index (κ2) is 6.24. The van der Waals surface area contributed by atoms with Gasteiger partial charge in [-0.25, -0.2) is 4.79 Å². The van der Waals surface area contributed by atoms with Crippen LogP contribution in [0.1, 0.15) is 12.0 Å². The minimum Gasteiger partial charge on any atom is -0.465 e. The second-order valence-corrected chi connectivity index (χ2v) is 6.62. The van der Waals surface area contributed by atoms with E-state index < -0.39 is 6.09 Å². The molecule has 5 nitrogen and oxygen atoms in total. The van der Waals surface area contributed by atoms with Crippen LogP contribution in [0.2, 0.25) is 0 Å². The summed E-state index contributed by atoms with van der Waals surface area (Å²) in [5, 5.41) is 9.10. The zero-order valence-corrected chi connectivity index (χ0v) is 13.9. The van der Waals surface area contributed by atoms with Crippen LogP contribution in [0.3, 0.4) is 0 Å². The molecule has 1 fully saturated rings. The van der Waals surface area contributed by atoms with Crippen LogP contribution in [0, 0.1) is 5.92 Å². The first kappa shape index (κ1) is 15.7. The summed E-state index contributed by atoms with van der Waals surface area (Å²) >= 11 is 0. The number of likely N-dealkylation sites (tertiary alicyclic amines) is 1. The van der Waals surface area contributed by atoms with Gasteiger partial charge in [-0.05, 0) is 35.6 Å². The Bertz CT molecular complexity index is 819. The van der Waals surface area contributed by atoms with Crippen molar-refractivity contribution in [1.29, 1.82) is 0 Å². The monoisotopic (exact) mass is 336 g/mol. The molecule has 0 aromatic heterocycles. The van der Waals surface area contributed by atoms with Gasteiger partial charge in [-0.1, -0.05) is 42.5 Å². The summed E-state index contributed by atoms with van der Waals surface area (Å²) in [6.45, 7) is 1.41. The van der Waals surface area contributed by atoms with Crippen LogP contribution in [-0.2, 0) is 11.2 Å². The van der Waals surface area contributed by atoms with Crippen LogP contribution in [0.15, 0.2) is 48.5 Å². The highest BCUT2D eigenvalue weighted by atomic mass is 16.4. The first-order valence-electron chi connectivity index (χ1n) is 8.61. The lowest BCUT2D eigenvalue weighted by molar-refractivity contribution is -0.121. The number of anilines is 1. The summed E-state index contributed by atoms with van der Waals surface area (Å²) in [6.07, 6.45) is 0.500. The summed E-state index contributed by atoms with van der Waals surface area (Å²) in [5.74, 6) is -0.185. The number of nitrogens with zero attached hydrogens (tertiary/aromatic N) is 2. The third-order valence-electron chi connectivity index (χ3n) is 5.19. The minimum absolute atomic E-state index is 0.0488. The van der Waals surface area contributed by atoms with E-state index in [2.05, 4.69) is 18.2 Å². The van der Waals surface area contributed by atoms with Crippen LogP contribution < -0.4 is 4.90 Å². The maximum Gasteiger partial charge on any atom is 0.407 e. The third-order valence-corrected chi connectivity index (χ3v) is 5.19. The summed E-state index contributed by atoms with van der Waals surface area (Å²) in [5.41, 5.74) is 4.51. The van der Waals surface area contributed by atoms with E-state index in [1.165, 1.54) is 16.0 Å². The Hall–Kier alpha value is -2.82. The van der Waals surface area contributed by atoms with Gasteiger partial charge < -0.3 is 14.9 Å². The molecule has 2 aliphatic rings. The number of rotatable bonds is 2. The fraction of sp³-hybridized carbons (Fsp3) is 0.300. The van der Waals surface area contributed by atoms with Crippen molar-refractivity contribution >= 4 is 17.7 Å².